The van der Waals surface area contributed by atoms with Crippen LogP contribution in [0.5, 0.6) is 0 Å². The molecule has 2 aliphatic rings. The zero-order valence-corrected chi connectivity index (χ0v) is 15.6. The van der Waals surface area contributed by atoms with E-state index in [0.29, 0.717) is 12.3 Å². The third-order valence-corrected chi connectivity index (χ3v) is 5.45. The Labute approximate surface area is 155 Å². The highest BCUT2D eigenvalue weighted by Crippen LogP contribution is 2.34. The van der Waals surface area contributed by atoms with Gasteiger partial charge >= 0.3 is 12.1 Å². The predicted octanol–water partition coefficient (Wildman–Crippen LogP) is 4.30. The number of hydrogen-bond acceptors (Lipinski definition) is 4. The molecule has 2 fully saturated rings. The summed E-state index contributed by atoms with van der Waals surface area (Å²) in [6, 6.07) is 9.19. The minimum atomic E-state index is -0.529. The van der Waals surface area contributed by atoms with E-state index in [1.807, 2.05) is 30.3 Å². The van der Waals surface area contributed by atoms with E-state index in [2.05, 4.69) is 0 Å². The summed E-state index contributed by atoms with van der Waals surface area (Å²) >= 11 is 0. The van der Waals surface area contributed by atoms with E-state index < -0.39 is 12.1 Å². The van der Waals surface area contributed by atoms with Crippen molar-refractivity contribution < 1.29 is 19.1 Å². The lowest BCUT2D eigenvalue weighted by atomic mass is 9.84. The predicted molar refractivity (Wildman–Crippen MR) is 98.5 cm³/mol. The van der Waals surface area contributed by atoms with Crippen molar-refractivity contribution in [2.45, 2.75) is 70.1 Å². The number of amides is 1. The molecule has 26 heavy (non-hydrogen) atoms. The number of esters is 1. The first-order chi connectivity index (χ1) is 12.7. The molecule has 1 aromatic carbocycles. The zero-order valence-electron chi connectivity index (χ0n) is 15.6. The fraction of sp³-hybridized carbons (Fsp3) is 0.619. The summed E-state index contributed by atoms with van der Waals surface area (Å²) in [5, 5.41) is 0. The number of carbonyl (C=O) groups is 2. The van der Waals surface area contributed by atoms with Gasteiger partial charge in [0.25, 0.3) is 0 Å². The Hall–Kier alpha value is -2.04. The second-order valence-corrected chi connectivity index (χ2v) is 7.46. The van der Waals surface area contributed by atoms with Crippen molar-refractivity contribution in [1.29, 1.82) is 0 Å². The summed E-state index contributed by atoms with van der Waals surface area (Å²) in [6.45, 7) is 0.222. The van der Waals surface area contributed by atoms with Crippen LogP contribution in [-0.2, 0) is 20.9 Å². The number of nitrogens with zero attached hydrogens (tertiary/aromatic N) is 1. The summed E-state index contributed by atoms with van der Waals surface area (Å²) in [7, 11) is 1.40. The molecule has 0 unspecified atom stereocenters. The molecule has 5 heteroatoms. The van der Waals surface area contributed by atoms with E-state index in [-0.39, 0.29) is 18.6 Å². The highest BCUT2D eigenvalue weighted by molar-refractivity contribution is 5.81. The lowest BCUT2D eigenvalue weighted by molar-refractivity contribution is -0.147. The van der Waals surface area contributed by atoms with Gasteiger partial charge in [0, 0.05) is 6.04 Å². The molecule has 0 radical (unpaired) electrons. The van der Waals surface area contributed by atoms with Gasteiger partial charge in [0.15, 0.2) is 0 Å². The van der Waals surface area contributed by atoms with E-state index in [1.54, 1.807) is 4.90 Å². The summed E-state index contributed by atoms with van der Waals surface area (Å²) in [4.78, 5) is 26.9. The molecule has 2 aliphatic carbocycles. The van der Waals surface area contributed by atoms with Crippen LogP contribution in [0, 0.1) is 5.92 Å². The highest BCUT2D eigenvalue weighted by Gasteiger charge is 2.43. The SMILES string of the molecule is COC(=O)[C@H](CC1CCCCC1)N(C(=O)OCc1ccccc1)C1CC1. The number of methoxy groups -OCH3 is 1. The van der Waals surface area contributed by atoms with E-state index in [0.717, 1.165) is 31.2 Å². The van der Waals surface area contributed by atoms with Crippen molar-refractivity contribution in [3.05, 3.63) is 35.9 Å². The molecular weight excluding hydrogens is 330 g/mol. The fourth-order valence-electron chi connectivity index (χ4n) is 3.88. The van der Waals surface area contributed by atoms with Crippen LogP contribution in [0.4, 0.5) is 4.79 Å². The normalized spacial score (nSPS) is 18.8. The molecule has 0 aliphatic heterocycles. The Morgan fingerprint density at radius 2 is 1.77 bits per heavy atom. The van der Waals surface area contributed by atoms with Crippen molar-refractivity contribution in [3.63, 3.8) is 0 Å². The van der Waals surface area contributed by atoms with Crippen molar-refractivity contribution in [2.24, 2.45) is 5.92 Å². The van der Waals surface area contributed by atoms with Gasteiger partial charge in [0.2, 0.25) is 0 Å². The van der Waals surface area contributed by atoms with Gasteiger partial charge in [-0.3, -0.25) is 4.90 Å². The van der Waals surface area contributed by atoms with Crippen LogP contribution in [0.2, 0.25) is 0 Å². The fourth-order valence-corrected chi connectivity index (χ4v) is 3.88. The van der Waals surface area contributed by atoms with Gasteiger partial charge in [-0.2, -0.15) is 0 Å². The molecule has 142 valence electrons. The first-order valence-corrected chi connectivity index (χ1v) is 9.76. The number of hydrogen-bond donors (Lipinski definition) is 0. The topological polar surface area (TPSA) is 55.8 Å². The van der Waals surface area contributed by atoms with Crippen LogP contribution in [0.3, 0.4) is 0 Å². The molecule has 5 nitrogen and oxygen atoms in total. The minimum Gasteiger partial charge on any atom is -0.467 e. The molecule has 0 N–H and O–H groups in total. The van der Waals surface area contributed by atoms with E-state index in [1.165, 1.54) is 26.4 Å². The van der Waals surface area contributed by atoms with Crippen LogP contribution in [0.15, 0.2) is 30.3 Å². The Morgan fingerprint density at radius 1 is 1.08 bits per heavy atom. The molecule has 1 atom stereocenters. The van der Waals surface area contributed by atoms with Crippen molar-refractivity contribution in [1.82, 2.24) is 4.90 Å². The van der Waals surface area contributed by atoms with Crippen LogP contribution in [0.1, 0.15) is 56.9 Å². The average molecular weight is 359 g/mol. The maximum absolute atomic E-state index is 12.8. The monoisotopic (exact) mass is 359 g/mol. The number of rotatable bonds is 7. The van der Waals surface area contributed by atoms with E-state index in [9.17, 15) is 9.59 Å². The molecule has 3 rings (SSSR count). The van der Waals surface area contributed by atoms with Crippen LogP contribution in [-0.4, -0.2) is 36.2 Å². The lowest BCUT2D eigenvalue weighted by Gasteiger charge is -2.33. The van der Waals surface area contributed by atoms with E-state index in [4.69, 9.17) is 9.47 Å². The highest BCUT2D eigenvalue weighted by atomic mass is 16.6. The van der Waals surface area contributed by atoms with Gasteiger partial charge in [-0.15, -0.1) is 0 Å². The first-order valence-electron chi connectivity index (χ1n) is 9.76. The van der Waals surface area contributed by atoms with Crippen LogP contribution < -0.4 is 0 Å². The number of benzene rings is 1. The van der Waals surface area contributed by atoms with Crippen molar-refractivity contribution in [3.8, 4) is 0 Å². The molecule has 0 heterocycles. The van der Waals surface area contributed by atoms with Crippen molar-refractivity contribution >= 4 is 12.1 Å². The third-order valence-electron chi connectivity index (χ3n) is 5.45. The molecule has 1 aromatic rings. The molecular formula is C21H29NO4. The Balaban J connectivity index is 1.67. The van der Waals surface area contributed by atoms with Crippen molar-refractivity contribution in [2.75, 3.05) is 7.11 Å². The molecule has 0 spiro atoms. The molecule has 1 amide bonds. The lowest BCUT2D eigenvalue weighted by Crippen LogP contribution is -2.48. The van der Waals surface area contributed by atoms with Gasteiger partial charge < -0.3 is 9.47 Å². The summed E-state index contributed by atoms with van der Waals surface area (Å²) in [6.07, 6.45) is 8.09. The smallest absolute Gasteiger partial charge is 0.411 e. The Kier molecular flexibility index (Phi) is 6.53. The van der Waals surface area contributed by atoms with Gasteiger partial charge in [-0.25, -0.2) is 9.59 Å². The molecule has 0 aromatic heterocycles. The maximum atomic E-state index is 12.8. The quantitative estimate of drug-likeness (QED) is 0.681. The third kappa shape index (κ3) is 4.99. The molecule has 0 saturated heterocycles. The molecule has 0 bridgehead atoms. The second kappa shape index (κ2) is 9.06. The second-order valence-electron chi connectivity index (χ2n) is 7.46. The average Bonchev–Trinajstić information content (AvgIpc) is 3.52. The largest absolute Gasteiger partial charge is 0.467 e. The summed E-state index contributed by atoms with van der Waals surface area (Å²) in [5.74, 6) is 0.162. The van der Waals surface area contributed by atoms with Gasteiger partial charge in [-0.05, 0) is 30.7 Å². The van der Waals surface area contributed by atoms with Gasteiger partial charge in [0.05, 0.1) is 7.11 Å². The number of ether oxygens (including phenoxy) is 2. The standard InChI is InChI=1S/C21H29NO4/c1-25-20(23)19(14-16-8-4-2-5-9-16)22(18-12-13-18)21(24)26-15-17-10-6-3-7-11-17/h3,6-7,10-11,16,18-19H,2,4-5,8-9,12-15H2,1H3/t19-/m0/s1. The van der Waals surface area contributed by atoms with Gasteiger partial charge in [-0.1, -0.05) is 62.4 Å². The maximum Gasteiger partial charge on any atom is 0.411 e. The van der Waals surface area contributed by atoms with Crippen LogP contribution >= 0.6 is 0 Å². The molecule has 2 saturated carbocycles. The number of carbonyl (C=O) groups excluding carboxylic acids is 2. The summed E-state index contributed by atoms with van der Waals surface area (Å²) in [5.41, 5.74) is 0.943. The van der Waals surface area contributed by atoms with Gasteiger partial charge in [0.1, 0.15) is 12.6 Å². The Morgan fingerprint density at radius 3 is 2.38 bits per heavy atom. The van der Waals surface area contributed by atoms with E-state index >= 15 is 0 Å². The minimum absolute atomic E-state index is 0.103. The first kappa shape index (κ1) is 18.7. The summed E-state index contributed by atoms with van der Waals surface area (Å²) < 4.78 is 10.6. The Bertz CT molecular complexity index is 593. The van der Waals surface area contributed by atoms with Crippen LogP contribution in [0.25, 0.3) is 0 Å². The zero-order chi connectivity index (χ0) is 18.4.